The van der Waals surface area contributed by atoms with Gasteiger partial charge in [-0.1, -0.05) is 6.92 Å². The van der Waals surface area contributed by atoms with E-state index in [0.717, 1.165) is 17.7 Å². The summed E-state index contributed by atoms with van der Waals surface area (Å²) in [5.74, 6) is 0.198. The lowest BCUT2D eigenvalue weighted by molar-refractivity contribution is 0.628. The molecular formula is C14H12FN3O. The number of rotatable bonds is 2. The van der Waals surface area contributed by atoms with Crippen LogP contribution in [-0.2, 0) is 6.42 Å². The molecule has 96 valence electrons. The van der Waals surface area contributed by atoms with Crippen molar-refractivity contribution in [2.24, 2.45) is 0 Å². The van der Waals surface area contributed by atoms with E-state index in [0.29, 0.717) is 11.5 Å². The van der Waals surface area contributed by atoms with Gasteiger partial charge in [0.2, 0.25) is 5.78 Å². The van der Waals surface area contributed by atoms with Crippen molar-refractivity contribution in [1.29, 1.82) is 0 Å². The van der Waals surface area contributed by atoms with Gasteiger partial charge in [-0.2, -0.15) is 0 Å². The van der Waals surface area contributed by atoms with Gasteiger partial charge in [0.25, 0.3) is 5.56 Å². The van der Waals surface area contributed by atoms with Crippen LogP contribution in [0.3, 0.4) is 0 Å². The topological polar surface area (TPSA) is 50.2 Å². The van der Waals surface area contributed by atoms with Crippen molar-refractivity contribution < 1.29 is 4.39 Å². The molecule has 0 aliphatic heterocycles. The molecule has 19 heavy (non-hydrogen) atoms. The minimum Gasteiger partial charge on any atom is -0.329 e. The quantitative estimate of drug-likeness (QED) is 0.766. The molecule has 0 spiro atoms. The molecule has 4 nitrogen and oxygen atoms in total. The lowest BCUT2D eigenvalue weighted by atomic mass is 10.2. The molecule has 0 aliphatic rings. The summed E-state index contributed by atoms with van der Waals surface area (Å²) in [5.41, 5.74) is 2.11. The molecule has 3 rings (SSSR count). The van der Waals surface area contributed by atoms with Crippen molar-refractivity contribution in [2.75, 3.05) is 0 Å². The normalized spacial score (nSPS) is 11.1. The Morgan fingerprint density at radius 2 is 2.05 bits per heavy atom. The van der Waals surface area contributed by atoms with Gasteiger partial charge in [0.1, 0.15) is 5.82 Å². The lowest BCUT2D eigenvalue weighted by Gasteiger charge is -2.02. The van der Waals surface area contributed by atoms with E-state index in [4.69, 9.17) is 0 Å². The summed E-state index contributed by atoms with van der Waals surface area (Å²) in [5, 5.41) is 0. The molecule has 1 aromatic carbocycles. The van der Waals surface area contributed by atoms with Gasteiger partial charge in [-0.05, 0) is 30.7 Å². The molecule has 0 atom stereocenters. The van der Waals surface area contributed by atoms with Crippen LogP contribution in [0.4, 0.5) is 4.39 Å². The van der Waals surface area contributed by atoms with E-state index in [2.05, 4.69) is 9.97 Å². The highest BCUT2D eigenvalue weighted by Gasteiger charge is 2.09. The zero-order valence-electron chi connectivity index (χ0n) is 10.4. The summed E-state index contributed by atoms with van der Waals surface area (Å²) < 4.78 is 14.4. The van der Waals surface area contributed by atoms with E-state index in [1.165, 1.54) is 16.5 Å². The minimum absolute atomic E-state index is 0.137. The van der Waals surface area contributed by atoms with Crippen LogP contribution < -0.4 is 5.56 Å². The zero-order valence-corrected chi connectivity index (χ0v) is 10.4. The third-order valence-electron chi connectivity index (χ3n) is 3.07. The predicted octanol–water partition coefficient (Wildman–Crippen LogP) is 2.39. The lowest BCUT2D eigenvalue weighted by Crippen LogP contribution is -2.15. The molecule has 0 aliphatic carbocycles. The molecule has 0 amide bonds. The van der Waals surface area contributed by atoms with Gasteiger partial charge in [-0.15, -0.1) is 0 Å². The molecule has 3 aromatic rings. The number of hydrogen-bond acceptors (Lipinski definition) is 2. The standard InChI is InChI=1S/C14H12FN3O/c1-2-11-7-13(19)18-12(8-16-14(18)17-11)9-3-5-10(15)6-4-9/h3-8H,2H2,1H3,(H,16,17). The number of aryl methyl sites for hydroxylation is 1. The first kappa shape index (κ1) is 11.6. The summed E-state index contributed by atoms with van der Waals surface area (Å²) in [6.07, 6.45) is 2.35. The van der Waals surface area contributed by atoms with Crippen LogP contribution in [0.2, 0.25) is 0 Å². The molecule has 0 saturated heterocycles. The van der Waals surface area contributed by atoms with E-state index >= 15 is 0 Å². The minimum atomic E-state index is -0.306. The third-order valence-corrected chi connectivity index (χ3v) is 3.07. The van der Waals surface area contributed by atoms with Crippen LogP contribution in [0.5, 0.6) is 0 Å². The Kier molecular flexibility index (Phi) is 2.67. The molecule has 0 unspecified atom stereocenters. The first-order chi connectivity index (χ1) is 9.19. The highest BCUT2D eigenvalue weighted by atomic mass is 19.1. The Morgan fingerprint density at radius 3 is 2.74 bits per heavy atom. The van der Waals surface area contributed by atoms with E-state index < -0.39 is 0 Å². The molecule has 2 aromatic heterocycles. The number of aromatic nitrogens is 3. The summed E-state index contributed by atoms with van der Waals surface area (Å²) in [6.45, 7) is 1.96. The van der Waals surface area contributed by atoms with Gasteiger partial charge in [0, 0.05) is 17.3 Å². The number of fused-ring (bicyclic) bond motifs is 1. The maximum absolute atomic E-state index is 12.9. The number of nitrogens with zero attached hydrogens (tertiary/aromatic N) is 2. The Labute approximate surface area is 108 Å². The largest absolute Gasteiger partial charge is 0.329 e. The van der Waals surface area contributed by atoms with Crippen LogP contribution >= 0.6 is 0 Å². The van der Waals surface area contributed by atoms with Gasteiger partial charge < -0.3 is 4.98 Å². The first-order valence-electron chi connectivity index (χ1n) is 6.04. The average Bonchev–Trinajstić information content (AvgIpc) is 2.84. The van der Waals surface area contributed by atoms with E-state index in [9.17, 15) is 9.18 Å². The van der Waals surface area contributed by atoms with Crippen molar-refractivity contribution in [3.63, 3.8) is 0 Å². The van der Waals surface area contributed by atoms with Crippen LogP contribution in [0.1, 0.15) is 12.6 Å². The number of hydrogen-bond donors (Lipinski definition) is 1. The maximum Gasteiger partial charge on any atom is 0.259 e. The molecular weight excluding hydrogens is 245 g/mol. The Morgan fingerprint density at radius 1 is 1.32 bits per heavy atom. The highest BCUT2D eigenvalue weighted by Crippen LogP contribution is 2.19. The van der Waals surface area contributed by atoms with E-state index in [-0.39, 0.29) is 11.4 Å². The summed E-state index contributed by atoms with van der Waals surface area (Å²) in [7, 11) is 0. The second-order valence-corrected chi connectivity index (χ2v) is 4.30. The van der Waals surface area contributed by atoms with Crippen LogP contribution in [-0.4, -0.2) is 14.4 Å². The Hall–Kier alpha value is -2.43. The zero-order chi connectivity index (χ0) is 13.4. The fourth-order valence-corrected chi connectivity index (χ4v) is 2.07. The number of H-pyrrole nitrogens is 1. The number of nitrogens with one attached hydrogen (secondary N) is 1. The fraction of sp³-hybridized carbons (Fsp3) is 0.143. The van der Waals surface area contributed by atoms with Gasteiger partial charge in [-0.25, -0.2) is 13.8 Å². The Balaban J connectivity index is 2.26. The van der Waals surface area contributed by atoms with E-state index in [1.807, 2.05) is 6.92 Å². The first-order valence-corrected chi connectivity index (χ1v) is 6.04. The second kappa shape index (κ2) is 4.35. The van der Waals surface area contributed by atoms with Gasteiger partial charge >= 0.3 is 0 Å². The molecule has 5 heteroatoms. The van der Waals surface area contributed by atoms with Crippen molar-refractivity contribution in [2.45, 2.75) is 13.3 Å². The van der Waals surface area contributed by atoms with Crippen molar-refractivity contribution in [3.8, 4) is 11.3 Å². The molecule has 0 saturated carbocycles. The number of halogens is 1. The fourth-order valence-electron chi connectivity index (χ4n) is 2.07. The number of benzene rings is 1. The van der Waals surface area contributed by atoms with Gasteiger partial charge in [-0.3, -0.25) is 4.79 Å². The summed E-state index contributed by atoms with van der Waals surface area (Å²) in [6, 6.07) is 7.55. The smallest absolute Gasteiger partial charge is 0.259 e. The van der Waals surface area contributed by atoms with Crippen molar-refractivity contribution >= 4 is 5.78 Å². The monoisotopic (exact) mass is 257 g/mol. The maximum atomic E-state index is 12.9. The number of imidazole rings is 1. The SMILES string of the molecule is CCc1cc(=O)n2c(-c3ccc(F)cc3)cnc2[nH]1. The third kappa shape index (κ3) is 1.93. The van der Waals surface area contributed by atoms with E-state index in [1.54, 1.807) is 24.4 Å². The molecule has 1 N–H and O–H groups in total. The Bertz CT molecular complexity index is 787. The summed E-state index contributed by atoms with van der Waals surface area (Å²) >= 11 is 0. The summed E-state index contributed by atoms with van der Waals surface area (Å²) in [4.78, 5) is 19.4. The highest BCUT2D eigenvalue weighted by molar-refractivity contribution is 5.62. The molecule has 0 fully saturated rings. The van der Waals surface area contributed by atoms with Crippen LogP contribution in [0.15, 0.2) is 41.3 Å². The molecule has 0 bridgehead atoms. The van der Waals surface area contributed by atoms with Crippen LogP contribution in [0.25, 0.3) is 17.0 Å². The van der Waals surface area contributed by atoms with Crippen molar-refractivity contribution in [1.82, 2.24) is 14.4 Å². The average molecular weight is 257 g/mol. The predicted molar refractivity (Wildman–Crippen MR) is 70.6 cm³/mol. The second-order valence-electron chi connectivity index (χ2n) is 4.30. The molecule has 0 radical (unpaired) electrons. The van der Waals surface area contributed by atoms with Gasteiger partial charge in [0.05, 0.1) is 11.9 Å². The number of aromatic amines is 1. The van der Waals surface area contributed by atoms with Crippen molar-refractivity contribution in [3.05, 3.63) is 58.4 Å². The van der Waals surface area contributed by atoms with Gasteiger partial charge in [0.15, 0.2) is 0 Å². The van der Waals surface area contributed by atoms with Crippen LogP contribution in [0, 0.1) is 5.82 Å². The molecule has 2 heterocycles.